The number of hydrogen-bond donors (Lipinski definition) is 2. The van der Waals surface area contributed by atoms with Crippen molar-refractivity contribution in [2.24, 2.45) is 0 Å². The summed E-state index contributed by atoms with van der Waals surface area (Å²) >= 11 is 0. The quantitative estimate of drug-likeness (QED) is 0.800. The van der Waals surface area contributed by atoms with Crippen molar-refractivity contribution in [1.29, 1.82) is 0 Å². The normalized spacial score (nSPS) is 20.0. The summed E-state index contributed by atoms with van der Waals surface area (Å²) in [4.78, 5) is 23.4. The molecule has 1 aromatic carbocycles. The third kappa shape index (κ3) is 3.87. The van der Waals surface area contributed by atoms with E-state index in [1.54, 1.807) is 13.2 Å². The van der Waals surface area contributed by atoms with Crippen LogP contribution >= 0.6 is 0 Å². The number of hydrogen-bond acceptors (Lipinski definition) is 5. The van der Waals surface area contributed by atoms with E-state index in [2.05, 4.69) is 5.32 Å². The van der Waals surface area contributed by atoms with E-state index in [1.807, 2.05) is 12.1 Å². The average molecular weight is 335 g/mol. The highest BCUT2D eigenvalue weighted by molar-refractivity contribution is 5.86. The van der Waals surface area contributed by atoms with Crippen molar-refractivity contribution in [2.75, 3.05) is 13.7 Å². The molecular weight excluding hydrogens is 310 g/mol. The van der Waals surface area contributed by atoms with Crippen LogP contribution in [0.4, 0.5) is 0 Å². The van der Waals surface area contributed by atoms with E-state index in [0.29, 0.717) is 6.42 Å². The van der Waals surface area contributed by atoms with E-state index in [4.69, 9.17) is 9.47 Å². The van der Waals surface area contributed by atoms with E-state index in [0.717, 1.165) is 29.7 Å². The summed E-state index contributed by atoms with van der Waals surface area (Å²) in [5.41, 5.74) is -0.585. The van der Waals surface area contributed by atoms with Crippen LogP contribution in [0, 0.1) is 0 Å². The fourth-order valence-electron chi connectivity index (χ4n) is 3.09. The molecule has 2 rings (SSSR count). The molecule has 0 fully saturated rings. The van der Waals surface area contributed by atoms with Crippen molar-refractivity contribution < 1.29 is 24.2 Å². The van der Waals surface area contributed by atoms with Gasteiger partial charge in [0.15, 0.2) is 5.60 Å². The number of esters is 1. The molecule has 6 heteroatoms. The van der Waals surface area contributed by atoms with Crippen molar-refractivity contribution in [3.63, 3.8) is 0 Å². The van der Waals surface area contributed by atoms with E-state index in [-0.39, 0.29) is 6.54 Å². The predicted molar refractivity (Wildman–Crippen MR) is 88.7 cm³/mol. The molecule has 0 saturated carbocycles. The highest BCUT2D eigenvalue weighted by atomic mass is 16.6. The molecule has 1 atom stereocenters. The fraction of sp³-hybridized carbons (Fsp3) is 0.556. The summed E-state index contributed by atoms with van der Waals surface area (Å²) in [6.45, 7) is 4.37. The summed E-state index contributed by atoms with van der Waals surface area (Å²) in [6.07, 6.45) is 2.24. The van der Waals surface area contributed by atoms with Crippen LogP contribution in [0.1, 0.15) is 44.7 Å². The maximum Gasteiger partial charge on any atom is 0.303 e. The predicted octanol–water partition coefficient (Wildman–Crippen LogP) is 1.68. The highest BCUT2D eigenvalue weighted by Gasteiger charge is 2.37. The number of nitrogens with one attached hydrogen (secondary N) is 1. The minimum absolute atomic E-state index is 0.0653. The minimum atomic E-state index is -1.28. The Morgan fingerprint density at radius 2 is 2.08 bits per heavy atom. The Bertz CT molecular complexity index is 640. The topological polar surface area (TPSA) is 84.9 Å². The van der Waals surface area contributed by atoms with Crippen molar-refractivity contribution in [3.05, 3.63) is 29.3 Å². The van der Waals surface area contributed by atoms with Crippen molar-refractivity contribution in [2.45, 2.75) is 51.2 Å². The number of amides is 1. The Labute approximate surface area is 142 Å². The molecule has 0 radical (unpaired) electrons. The standard InChI is InChI=1S/C18H25NO5/c1-12(20)24-17(2,3)16(21)19-11-18(22)9-5-6-13-10-14(23-4)7-8-15(13)18/h7-8,10,22H,5-6,9,11H2,1-4H3,(H,19,21)/t18-/m1/s1. The number of rotatable bonds is 5. The Morgan fingerprint density at radius 3 is 2.71 bits per heavy atom. The smallest absolute Gasteiger partial charge is 0.303 e. The van der Waals surface area contributed by atoms with Crippen molar-refractivity contribution in [3.8, 4) is 5.75 Å². The van der Waals surface area contributed by atoms with Crippen molar-refractivity contribution in [1.82, 2.24) is 5.32 Å². The first-order valence-electron chi connectivity index (χ1n) is 8.05. The molecule has 132 valence electrons. The molecule has 1 amide bonds. The lowest BCUT2D eigenvalue weighted by molar-refractivity contribution is -0.163. The van der Waals surface area contributed by atoms with Gasteiger partial charge in [-0.3, -0.25) is 9.59 Å². The van der Waals surface area contributed by atoms with E-state index >= 15 is 0 Å². The zero-order valence-corrected chi connectivity index (χ0v) is 14.6. The molecule has 0 unspecified atom stereocenters. The first-order chi connectivity index (χ1) is 11.2. The van der Waals surface area contributed by atoms with Crippen LogP contribution in [0.25, 0.3) is 0 Å². The van der Waals surface area contributed by atoms with Crippen LogP contribution in [-0.2, 0) is 26.3 Å². The second-order valence-corrected chi connectivity index (χ2v) is 6.69. The van der Waals surface area contributed by atoms with Crippen LogP contribution < -0.4 is 10.1 Å². The van der Waals surface area contributed by atoms with E-state index < -0.39 is 23.1 Å². The van der Waals surface area contributed by atoms with Crippen LogP contribution in [-0.4, -0.2) is 36.2 Å². The number of ether oxygens (including phenoxy) is 2. The lowest BCUT2D eigenvalue weighted by atomic mass is 9.79. The summed E-state index contributed by atoms with van der Waals surface area (Å²) in [6, 6.07) is 5.57. The van der Waals surface area contributed by atoms with Gasteiger partial charge in [0.2, 0.25) is 0 Å². The maximum atomic E-state index is 12.3. The Kier molecular flexibility index (Phi) is 5.18. The van der Waals surface area contributed by atoms with Gasteiger partial charge < -0.3 is 19.9 Å². The number of fused-ring (bicyclic) bond motifs is 1. The van der Waals surface area contributed by atoms with E-state index in [9.17, 15) is 14.7 Å². The van der Waals surface area contributed by atoms with E-state index in [1.165, 1.54) is 20.8 Å². The monoisotopic (exact) mass is 335 g/mol. The molecule has 2 N–H and O–H groups in total. The molecule has 1 aliphatic rings. The molecule has 0 aromatic heterocycles. The highest BCUT2D eigenvalue weighted by Crippen LogP contribution is 2.36. The molecule has 24 heavy (non-hydrogen) atoms. The van der Waals surface area contributed by atoms with Gasteiger partial charge in [-0.2, -0.15) is 0 Å². The van der Waals surface area contributed by atoms with Gasteiger partial charge in [-0.25, -0.2) is 0 Å². The summed E-state index contributed by atoms with van der Waals surface area (Å²) in [5.74, 6) is -0.214. The molecular formula is C18H25NO5. The molecule has 1 aliphatic carbocycles. The third-order valence-electron chi connectivity index (χ3n) is 4.34. The van der Waals surface area contributed by atoms with Gasteiger partial charge in [-0.1, -0.05) is 6.07 Å². The minimum Gasteiger partial charge on any atom is -0.497 e. The molecule has 0 saturated heterocycles. The lowest BCUT2D eigenvalue weighted by Gasteiger charge is -2.35. The lowest BCUT2D eigenvalue weighted by Crippen LogP contribution is -2.50. The fourth-order valence-corrected chi connectivity index (χ4v) is 3.09. The van der Waals surface area contributed by atoms with Gasteiger partial charge >= 0.3 is 5.97 Å². The maximum absolute atomic E-state index is 12.3. The number of carbonyl (C=O) groups excluding carboxylic acids is 2. The molecule has 0 heterocycles. The van der Waals surface area contributed by atoms with Crippen LogP contribution in [0.2, 0.25) is 0 Å². The largest absolute Gasteiger partial charge is 0.497 e. The molecule has 0 bridgehead atoms. The molecule has 0 aliphatic heterocycles. The van der Waals surface area contributed by atoms with Crippen LogP contribution in [0.5, 0.6) is 5.75 Å². The Balaban J connectivity index is 2.13. The molecule has 1 aromatic rings. The zero-order valence-electron chi connectivity index (χ0n) is 14.6. The third-order valence-corrected chi connectivity index (χ3v) is 4.34. The number of carbonyl (C=O) groups is 2. The van der Waals surface area contributed by atoms with Gasteiger partial charge in [0, 0.05) is 6.92 Å². The molecule has 6 nitrogen and oxygen atoms in total. The van der Waals surface area contributed by atoms with Crippen LogP contribution in [0.3, 0.4) is 0 Å². The van der Waals surface area contributed by atoms with Gasteiger partial charge in [0.1, 0.15) is 11.4 Å². The second kappa shape index (κ2) is 6.81. The van der Waals surface area contributed by atoms with Crippen LogP contribution in [0.15, 0.2) is 18.2 Å². The first kappa shape index (κ1) is 18.3. The number of aliphatic hydroxyl groups is 1. The van der Waals surface area contributed by atoms with Gasteiger partial charge in [0.05, 0.1) is 13.7 Å². The summed E-state index contributed by atoms with van der Waals surface area (Å²) < 4.78 is 10.3. The number of benzene rings is 1. The Hall–Kier alpha value is -2.08. The first-order valence-corrected chi connectivity index (χ1v) is 8.05. The van der Waals surface area contributed by atoms with Gasteiger partial charge in [0.25, 0.3) is 5.91 Å². The summed E-state index contributed by atoms with van der Waals surface area (Å²) in [7, 11) is 1.61. The Morgan fingerprint density at radius 1 is 1.38 bits per heavy atom. The second-order valence-electron chi connectivity index (χ2n) is 6.69. The summed E-state index contributed by atoms with van der Waals surface area (Å²) in [5, 5.41) is 13.7. The SMILES string of the molecule is COc1ccc2c(c1)CCC[C@@]2(O)CNC(=O)C(C)(C)OC(C)=O. The van der Waals surface area contributed by atoms with Gasteiger partial charge in [-0.15, -0.1) is 0 Å². The van der Waals surface area contributed by atoms with Crippen molar-refractivity contribution >= 4 is 11.9 Å². The number of methoxy groups -OCH3 is 1. The van der Waals surface area contributed by atoms with Gasteiger partial charge in [-0.05, 0) is 56.4 Å². The average Bonchev–Trinajstić information content (AvgIpc) is 2.51. The zero-order chi connectivity index (χ0) is 18.0. The number of aryl methyl sites for hydroxylation is 1. The molecule has 0 spiro atoms.